The number of benzene rings is 1. The summed E-state index contributed by atoms with van der Waals surface area (Å²) in [6.45, 7) is 2.26. The summed E-state index contributed by atoms with van der Waals surface area (Å²) in [6.07, 6.45) is 4.69. The highest BCUT2D eigenvalue weighted by molar-refractivity contribution is 6.30. The quantitative estimate of drug-likeness (QED) is 0.939. The van der Waals surface area contributed by atoms with Crippen molar-refractivity contribution < 1.29 is 4.52 Å². The van der Waals surface area contributed by atoms with Crippen LogP contribution >= 0.6 is 11.6 Å². The third-order valence-electron chi connectivity index (χ3n) is 4.34. The van der Waals surface area contributed by atoms with Gasteiger partial charge < -0.3 is 10.3 Å². The SMILES string of the molecule is CC1CCC(N)(c2nc(Cc3ccc(Cl)cc3)no2)CC1. The Labute approximate surface area is 129 Å². The van der Waals surface area contributed by atoms with Gasteiger partial charge in [0.15, 0.2) is 5.82 Å². The molecule has 1 aliphatic rings. The molecule has 0 amide bonds. The van der Waals surface area contributed by atoms with Crippen molar-refractivity contribution in [1.82, 2.24) is 10.1 Å². The first-order valence-electron chi connectivity index (χ1n) is 7.41. The number of rotatable bonds is 3. The molecule has 1 heterocycles. The Morgan fingerprint density at radius 3 is 2.62 bits per heavy atom. The predicted octanol–water partition coefficient (Wildman–Crippen LogP) is 3.68. The highest BCUT2D eigenvalue weighted by atomic mass is 35.5. The smallest absolute Gasteiger partial charge is 0.246 e. The van der Waals surface area contributed by atoms with Crippen LogP contribution in [0.5, 0.6) is 0 Å². The topological polar surface area (TPSA) is 64.9 Å². The van der Waals surface area contributed by atoms with Crippen LogP contribution in [-0.4, -0.2) is 10.1 Å². The van der Waals surface area contributed by atoms with E-state index < -0.39 is 5.54 Å². The molecule has 112 valence electrons. The second-order valence-electron chi connectivity index (χ2n) is 6.16. The number of halogens is 1. The van der Waals surface area contributed by atoms with Gasteiger partial charge in [0.25, 0.3) is 0 Å². The van der Waals surface area contributed by atoms with E-state index in [1.165, 1.54) is 0 Å². The second-order valence-corrected chi connectivity index (χ2v) is 6.59. The van der Waals surface area contributed by atoms with Gasteiger partial charge in [-0.3, -0.25) is 0 Å². The summed E-state index contributed by atoms with van der Waals surface area (Å²) in [4.78, 5) is 4.51. The number of nitrogens with zero attached hydrogens (tertiary/aromatic N) is 2. The Balaban J connectivity index is 1.72. The van der Waals surface area contributed by atoms with Gasteiger partial charge in [-0.25, -0.2) is 0 Å². The number of nitrogens with two attached hydrogens (primary N) is 1. The molecule has 0 bridgehead atoms. The first-order valence-corrected chi connectivity index (χ1v) is 7.79. The highest BCUT2D eigenvalue weighted by Crippen LogP contribution is 2.36. The summed E-state index contributed by atoms with van der Waals surface area (Å²) in [5.41, 5.74) is 7.12. The van der Waals surface area contributed by atoms with Gasteiger partial charge >= 0.3 is 0 Å². The van der Waals surface area contributed by atoms with E-state index >= 15 is 0 Å². The molecule has 0 saturated heterocycles. The monoisotopic (exact) mass is 305 g/mol. The van der Waals surface area contributed by atoms with Crippen LogP contribution in [-0.2, 0) is 12.0 Å². The molecule has 21 heavy (non-hydrogen) atoms. The normalized spacial score (nSPS) is 26.0. The fourth-order valence-corrected chi connectivity index (χ4v) is 2.93. The minimum atomic E-state index is -0.447. The van der Waals surface area contributed by atoms with E-state index in [9.17, 15) is 0 Å². The molecule has 2 N–H and O–H groups in total. The standard InChI is InChI=1S/C16H20ClN3O/c1-11-6-8-16(18,9-7-11)15-19-14(20-21-15)10-12-2-4-13(17)5-3-12/h2-5,11H,6-10,18H2,1H3. The van der Waals surface area contributed by atoms with Crippen LogP contribution in [0.1, 0.15) is 49.9 Å². The lowest BCUT2D eigenvalue weighted by atomic mass is 9.78. The van der Waals surface area contributed by atoms with E-state index in [0.29, 0.717) is 18.1 Å². The summed E-state index contributed by atoms with van der Waals surface area (Å²) < 4.78 is 5.43. The predicted molar refractivity (Wildman–Crippen MR) is 82.1 cm³/mol. The largest absolute Gasteiger partial charge is 0.337 e. The molecule has 0 aliphatic heterocycles. The van der Waals surface area contributed by atoms with Gasteiger partial charge in [0.2, 0.25) is 5.89 Å². The molecular formula is C16H20ClN3O. The first-order chi connectivity index (χ1) is 10.0. The molecule has 0 radical (unpaired) electrons. The zero-order valence-electron chi connectivity index (χ0n) is 12.2. The third kappa shape index (κ3) is 3.27. The molecule has 1 saturated carbocycles. The van der Waals surface area contributed by atoms with Gasteiger partial charge in [-0.2, -0.15) is 4.98 Å². The Hall–Kier alpha value is -1.39. The maximum atomic E-state index is 6.46. The minimum Gasteiger partial charge on any atom is -0.337 e. The molecule has 1 aliphatic carbocycles. The molecule has 3 rings (SSSR count). The van der Waals surface area contributed by atoms with Gasteiger partial charge in [0.05, 0.1) is 5.54 Å². The number of aromatic nitrogens is 2. The molecule has 0 unspecified atom stereocenters. The molecule has 0 spiro atoms. The van der Waals surface area contributed by atoms with Crippen LogP contribution in [0.4, 0.5) is 0 Å². The van der Waals surface area contributed by atoms with Crippen molar-refractivity contribution in [2.24, 2.45) is 11.7 Å². The van der Waals surface area contributed by atoms with Crippen LogP contribution in [0.15, 0.2) is 28.8 Å². The van der Waals surface area contributed by atoms with Gasteiger partial charge in [-0.15, -0.1) is 0 Å². The average molecular weight is 306 g/mol. The van der Waals surface area contributed by atoms with Gasteiger partial charge in [-0.05, 0) is 49.3 Å². The average Bonchev–Trinajstić information content (AvgIpc) is 2.94. The Morgan fingerprint density at radius 2 is 1.95 bits per heavy atom. The summed E-state index contributed by atoms with van der Waals surface area (Å²) in [6, 6.07) is 7.67. The Kier molecular flexibility index (Phi) is 4.00. The fraction of sp³-hybridized carbons (Fsp3) is 0.500. The van der Waals surface area contributed by atoms with E-state index in [2.05, 4.69) is 17.1 Å². The van der Waals surface area contributed by atoms with Crippen molar-refractivity contribution >= 4 is 11.6 Å². The summed E-state index contributed by atoms with van der Waals surface area (Å²) in [5.74, 6) is 1.99. The summed E-state index contributed by atoms with van der Waals surface area (Å²) >= 11 is 5.88. The summed E-state index contributed by atoms with van der Waals surface area (Å²) in [5, 5.41) is 4.80. The van der Waals surface area contributed by atoms with Crippen molar-refractivity contribution in [2.45, 2.75) is 44.6 Å². The van der Waals surface area contributed by atoms with Crippen molar-refractivity contribution in [2.75, 3.05) is 0 Å². The lowest BCUT2D eigenvalue weighted by Gasteiger charge is -2.32. The van der Waals surface area contributed by atoms with E-state index in [4.69, 9.17) is 21.9 Å². The maximum Gasteiger partial charge on any atom is 0.246 e. The molecular weight excluding hydrogens is 286 g/mol. The Bertz CT molecular complexity index is 600. The number of hydrogen-bond acceptors (Lipinski definition) is 4. The molecule has 1 fully saturated rings. The van der Waals surface area contributed by atoms with Gasteiger partial charge in [0.1, 0.15) is 0 Å². The van der Waals surface area contributed by atoms with Crippen molar-refractivity contribution in [3.63, 3.8) is 0 Å². The minimum absolute atomic E-state index is 0.447. The van der Waals surface area contributed by atoms with E-state index in [-0.39, 0.29) is 0 Å². The van der Waals surface area contributed by atoms with E-state index in [0.717, 1.165) is 42.2 Å². The second kappa shape index (κ2) is 5.78. The van der Waals surface area contributed by atoms with Gasteiger partial charge in [-0.1, -0.05) is 35.8 Å². The van der Waals surface area contributed by atoms with E-state index in [1.54, 1.807) is 0 Å². The van der Waals surface area contributed by atoms with Crippen molar-refractivity contribution in [1.29, 1.82) is 0 Å². The lowest BCUT2D eigenvalue weighted by molar-refractivity contribution is 0.190. The summed E-state index contributed by atoms with van der Waals surface area (Å²) in [7, 11) is 0. The van der Waals surface area contributed by atoms with Crippen LogP contribution in [0, 0.1) is 5.92 Å². The molecule has 4 nitrogen and oxygen atoms in total. The fourth-order valence-electron chi connectivity index (χ4n) is 2.80. The third-order valence-corrected chi connectivity index (χ3v) is 4.59. The molecule has 2 aromatic rings. The molecule has 1 aromatic carbocycles. The zero-order valence-corrected chi connectivity index (χ0v) is 12.9. The van der Waals surface area contributed by atoms with Crippen LogP contribution in [0.25, 0.3) is 0 Å². The zero-order chi connectivity index (χ0) is 14.9. The van der Waals surface area contributed by atoms with Gasteiger partial charge in [0, 0.05) is 11.4 Å². The highest BCUT2D eigenvalue weighted by Gasteiger charge is 2.37. The van der Waals surface area contributed by atoms with Crippen LogP contribution in [0.2, 0.25) is 5.02 Å². The lowest BCUT2D eigenvalue weighted by Crippen LogP contribution is -2.40. The van der Waals surface area contributed by atoms with Crippen molar-refractivity contribution in [3.8, 4) is 0 Å². The number of hydrogen-bond donors (Lipinski definition) is 1. The molecule has 0 atom stereocenters. The Morgan fingerprint density at radius 1 is 1.29 bits per heavy atom. The molecule has 1 aromatic heterocycles. The molecule has 5 heteroatoms. The van der Waals surface area contributed by atoms with Crippen LogP contribution in [0.3, 0.4) is 0 Å². The van der Waals surface area contributed by atoms with Crippen LogP contribution < -0.4 is 5.73 Å². The first kappa shape index (κ1) is 14.5. The maximum absolute atomic E-state index is 6.46. The van der Waals surface area contributed by atoms with Crippen molar-refractivity contribution in [3.05, 3.63) is 46.6 Å². The van der Waals surface area contributed by atoms with E-state index in [1.807, 2.05) is 24.3 Å².